The molecule has 1 heterocycles. The van der Waals surface area contributed by atoms with Gasteiger partial charge in [-0.3, -0.25) is 4.79 Å². The van der Waals surface area contributed by atoms with Gasteiger partial charge in [0.05, 0.1) is 25.5 Å². The summed E-state index contributed by atoms with van der Waals surface area (Å²) in [6.45, 7) is 4.07. The Morgan fingerprint density at radius 1 is 1.22 bits per heavy atom. The van der Waals surface area contributed by atoms with E-state index in [0.717, 1.165) is 0 Å². The normalized spacial score (nSPS) is 12.3. The number of halogens is 1. The number of nitrogens with zero attached hydrogens (tertiary/aromatic N) is 1. The van der Waals surface area contributed by atoms with Crippen molar-refractivity contribution >= 4 is 17.8 Å². The quantitative estimate of drug-likeness (QED) is 0.531. The second kappa shape index (κ2) is 11.5. The van der Waals surface area contributed by atoms with Crippen LogP contribution in [0.1, 0.15) is 49.4 Å². The predicted octanol–water partition coefficient (Wildman–Crippen LogP) is 2.64. The molecule has 1 unspecified atom stereocenters. The molecular formula is C24H27FNO6-. The third-order valence-electron chi connectivity index (χ3n) is 4.75. The number of ketones is 1. The molecule has 0 aliphatic rings. The summed E-state index contributed by atoms with van der Waals surface area (Å²) < 4.78 is 24.4. The maximum absolute atomic E-state index is 13.6. The summed E-state index contributed by atoms with van der Waals surface area (Å²) in [4.78, 5) is 26.9. The number of pyridine rings is 1. The average Bonchev–Trinajstić information content (AvgIpc) is 2.72. The predicted molar refractivity (Wildman–Crippen MR) is 115 cm³/mol. The summed E-state index contributed by atoms with van der Waals surface area (Å²) in [5.74, 6) is -2.17. The Morgan fingerprint density at radius 2 is 1.88 bits per heavy atom. The van der Waals surface area contributed by atoms with Crippen molar-refractivity contribution in [2.24, 2.45) is 0 Å². The Bertz CT molecular complexity index is 985. The Labute approximate surface area is 186 Å². The number of aliphatic hydroxyl groups is 1. The minimum Gasteiger partial charge on any atom is -0.550 e. The molecule has 0 bridgehead atoms. The number of aliphatic carboxylic acids is 1. The van der Waals surface area contributed by atoms with Crippen LogP contribution in [0.5, 0.6) is 5.88 Å². The second-order valence-corrected chi connectivity index (χ2v) is 7.59. The molecule has 0 amide bonds. The maximum Gasteiger partial charge on any atom is 0.219 e. The van der Waals surface area contributed by atoms with E-state index in [-0.39, 0.29) is 24.8 Å². The Hall–Kier alpha value is -3.10. The molecule has 0 spiro atoms. The van der Waals surface area contributed by atoms with Crippen molar-refractivity contribution in [3.05, 3.63) is 53.0 Å². The first-order valence-electron chi connectivity index (χ1n) is 10.1. The number of hydrogen-bond acceptors (Lipinski definition) is 7. The van der Waals surface area contributed by atoms with Crippen molar-refractivity contribution in [3.8, 4) is 17.0 Å². The van der Waals surface area contributed by atoms with E-state index >= 15 is 0 Å². The number of Topliss-reactive ketones (excluding diaryl/α,β-unsaturated/α-hetero) is 1. The van der Waals surface area contributed by atoms with Crippen molar-refractivity contribution in [1.29, 1.82) is 0 Å². The molecule has 32 heavy (non-hydrogen) atoms. The highest BCUT2D eigenvalue weighted by Crippen LogP contribution is 2.38. The number of aliphatic hydroxyl groups excluding tert-OH is 1. The second-order valence-electron chi connectivity index (χ2n) is 7.59. The summed E-state index contributed by atoms with van der Waals surface area (Å²) in [6, 6.07) is 5.94. The number of aromatic nitrogens is 1. The summed E-state index contributed by atoms with van der Waals surface area (Å²) >= 11 is 0. The lowest BCUT2D eigenvalue weighted by Crippen LogP contribution is -2.26. The molecule has 8 heteroatoms. The summed E-state index contributed by atoms with van der Waals surface area (Å²) in [5, 5.41) is 20.8. The van der Waals surface area contributed by atoms with Crippen LogP contribution in [0.15, 0.2) is 30.3 Å². The lowest BCUT2D eigenvalue weighted by atomic mass is 9.90. The highest BCUT2D eigenvalue weighted by atomic mass is 19.1. The van der Waals surface area contributed by atoms with Crippen molar-refractivity contribution in [2.75, 3.05) is 14.2 Å². The van der Waals surface area contributed by atoms with E-state index in [1.165, 1.54) is 32.4 Å². The van der Waals surface area contributed by atoms with Gasteiger partial charge in [0.2, 0.25) is 5.88 Å². The van der Waals surface area contributed by atoms with Crippen molar-refractivity contribution in [3.63, 3.8) is 0 Å². The zero-order chi connectivity index (χ0) is 23.8. The van der Waals surface area contributed by atoms with Crippen molar-refractivity contribution in [2.45, 2.75) is 45.3 Å². The Morgan fingerprint density at radius 3 is 2.41 bits per heavy atom. The molecule has 0 saturated heterocycles. The fourth-order valence-electron chi connectivity index (χ4n) is 3.38. The molecule has 0 fully saturated rings. The summed E-state index contributed by atoms with van der Waals surface area (Å²) in [5.41, 5.74) is 3.37. The average molecular weight is 444 g/mol. The molecule has 0 aliphatic heterocycles. The van der Waals surface area contributed by atoms with Crippen LogP contribution in [-0.2, 0) is 20.9 Å². The van der Waals surface area contributed by atoms with Gasteiger partial charge in [0.1, 0.15) is 11.6 Å². The van der Waals surface area contributed by atoms with E-state index in [1.807, 2.05) is 13.8 Å². The van der Waals surface area contributed by atoms with Gasteiger partial charge in [0, 0.05) is 42.6 Å². The molecule has 1 aromatic heterocycles. The molecule has 7 nitrogen and oxygen atoms in total. The van der Waals surface area contributed by atoms with Crippen LogP contribution in [0.25, 0.3) is 17.2 Å². The molecule has 2 aromatic rings. The number of carboxylic acid groups (broad SMARTS) is 1. The van der Waals surface area contributed by atoms with Crippen LogP contribution >= 0.6 is 0 Å². The maximum atomic E-state index is 13.6. The molecule has 2 rings (SSSR count). The van der Waals surface area contributed by atoms with Gasteiger partial charge in [-0.2, -0.15) is 0 Å². The number of hydrogen-bond donors (Lipinski definition) is 1. The van der Waals surface area contributed by atoms with Crippen molar-refractivity contribution < 1.29 is 33.7 Å². The van der Waals surface area contributed by atoms with Crippen LogP contribution in [0.3, 0.4) is 0 Å². The Kier molecular flexibility index (Phi) is 9.04. The fourth-order valence-corrected chi connectivity index (χ4v) is 3.38. The zero-order valence-electron chi connectivity index (χ0n) is 18.6. The lowest BCUT2D eigenvalue weighted by Gasteiger charge is -2.21. The standard InChI is InChI=1S/C24H28FNO6/c1-14(2)23-19(10-9-17(27)11-18(28)12-21(29)30)22(15-5-7-16(25)8-6-15)20(13-31-3)24(26-23)32-4/h5-10,14,17,27H,11-13H2,1-4H3,(H,29,30)/p-1/b10-9+. The van der Waals surface area contributed by atoms with E-state index in [0.29, 0.717) is 33.8 Å². The van der Waals surface area contributed by atoms with Gasteiger partial charge in [-0.05, 0) is 23.6 Å². The Balaban J connectivity index is 2.64. The number of methoxy groups -OCH3 is 2. The zero-order valence-corrected chi connectivity index (χ0v) is 18.6. The summed E-state index contributed by atoms with van der Waals surface area (Å²) in [6.07, 6.45) is 0.728. The number of rotatable bonds is 11. The molecule has 172 valence electrons. The minimum absolute atomic E-state index is 0.0313. The van der Waals surface area contributed by atoms with Gasteiger partial charge in [-0.25, -0.2) is 9.37 Å². The third-order valence-corrected chi connectivity index (χ3v) is 4.75. The largest absolute Gasteiger partial charge is 0.550 e. The number of ether oxygens (including phenoxy) is 2. The van der Waals surface area contributed by atoms with E-state index < -0.39 is 24.3 Å². The first-order valence-corrected chi connectivity index (χ1v) is 10.1. The lowest BCUT2D eigenvalue weighted by molar-refractivity contribution is -0.304. The van der Waals surface area contributed by atoms with E-state index in [1.54, 1.807) is 18.2 Å². The SMILES string of the molecule is COCc1c(OC)nc(C(C)C)c(/C=C/C(O)CC(=O)CC(=O)[O-])c1-c1ccc(F)cc1. The highest BCUT2D eigenvalue weighted by molar-refractivity contribution is 5.94. The molecular weight excluding hydrogens is 417 g/mol. The van der Waals surface area contributed by atoms with Crippen LogP contribution in [0, 0.1) is 5.82 Å². The van der Waals surface area contributed by atoms with Gasteiger partial charge >= 0.3 is 0 Å². The molecule has 1 atom stereocenters. The van der Waals surface area contributed by atoms with E-state index in [2.05, 4.69) is 4.98 Å². The fraction of sp³-hybridized carbons (Fsp3) is 0.375. The van der Waals surface area contributed by atoms with Gasteiger partial charge in [0.25, 0.3) is 0 Å². The van der Waals surface area contributed by atoms with Crippen LogP contribution in [0.4, 0.5) is 4.39 Å². The first-order chi connectivity index (χ1) is 15.2. The van der Waals surface area contributed by atoms with E-state index in [4.69, 9.17) is 9.47 Å². The monoisotopic (exact) mass is 444 g/mol. The number of carbonyl (C=O) groups excluding carboxylic acids is 2. The molecule has 0 radical (unpaired) electrons. The molecule has 1 N–H and O–H groups in total. The first kappa shape index (κ1) is 25.2. The number of benzene rings is 1. The van der Waals surface area contributed by atoms with Gasteiger partial charge in [0.15, 0.2) is 0 Å². The van der Waals surface area contributed by atoms with Gasteiger partial charge in [-0.15, -0.1) is 0 Å². The highest BCUT2D eigenvalue weighted by Gasteiger charge is 2.22. The van der Waals surface area contributed by atoms with Crippen LogP contribution in [0.2, 0.25) is 0 Å². The topological polar surface area (TPSA) is 109 Å². The molecule has 0 aliphatic carbocycles. The molecule has 0 saturated carbocycles. The van der Waals surface area contributed by atoms with Crippen LogP contribution in [-0.4, -0.2) is 42.2 Å². The van der Waals surface area contributed by atoms with Crippen molar-refractivity contribution in [1.82, 2.24) is 4.98 Å². The molecule has 1 aromatic carbocycles. The van der Waals surface area contributed by atoms with Crippen LogP contribution < -0.4 is 9.84 Å². The van der Waals surface area contributed by atoms with Gasteiger partial charge in [-0.1, -0.05) is 38.1 Å². The minimum atomic E-state index is -1.49. The summed E-state index contributed by atoms with van der Waals surface area (Å²) in [7, 11) is 3.04. The van der Waals surface area contributed by atoms with Gasteiger partial charge < -0.3 is 24.5 Å². The number of carboxylic acids is 1. The number of carbonyl (C=O) groups is 2. The smallest absolute Gasteiger partial charge is 0.219 e. The third kappa shape index (κ3) is 6.45. The van der Waals surface area contributed by atoms with E-state index in [9.17, 15) is 24.2 Å².